The van der Waals surface area contributed by atoms with Gasteiger partial charge in [-0.05, 0) is 30.7 Å². The second-order valence-electron chi connectivity index (χ2n) is 6.49. The van der Waals surface area contributed by atoms with Gasteiger partial charge in [0.15, 0.2) is 0 Å². The van der Waals surface area contributed by atoms with Gasteiger partial charge < -0.3 is 5.32 Å². The zero-order chi connectivity index (χ0) is 21.3. The van der Waals surface area contributed by atoms with Crippen LogP contribution >= 0.6 is 23.2 Å². The summed E-state index contributed by atoms with van der Waals surface area (Å²) in [6.45, 7) is 2.94. The minimum absolute atomic E-state index is 0.143. The fourth-order valence-corrected chi connectivity index (χ4v) is 3.68. The van der Waals surface area contributed by atoms with Gasteiger partial charge in [-0.25, -0.2) is 5.01 Å². The molecule has 1 aliphatic heterocycles. The number of anilines is 1. The molecule has 0 saturated heterocycles. The number of hydrogen-bond acceptors (Lipinski definition) is 5. The highest BCUT2D eigenvalue weighted by Crippen LogP contribution is 2.38. The molecule has 0 aliphatic carbocycles. The summed E-state index contributed by atoms with van der Waals surface area (Å²) in [5.74, 6) is -1.69. The van der Waals surface area contributed by atoms with Crippen molar-refractivity contribution >= 4 is 52.1 Å². The lowest BCUT2D eigenvalue weighted by molar-refractivity contribution is -0.385. The van der Waals surface area contributed by atoms with Gasteiger partial charge in [-0.2, -0.15) is 5.10 Å². The number of nitro groups is 1. The van der Waals surface area contributed by atoms with Crippen LogP contribution in [0.4, 0.5) is 11.4 Å². The molecule has 0 radical (unpaired) electrons. The van der Waals surface area contributed by atoms with Crippen LogP contribution < -0.4 is 5.32 Å². The first-order valence-electron chi connectivity index (χ1n) is 8.54. The van der Waals surface area contributed by atoms with Crippen LogP contribution in [0.15, 0.2) is 47.6 Å². The molecule has 0 bridgehead atoms. The van der Waals surface area contributed by atoms with Crippen LogP contribution in [-0.2, 0) is 9.59 Å². The summed E-state index contributed by atoms with van der Waals surface area (Å²) < 4.78 is 0. The zero-order valence-corrected chi connectivity index (χ0v) is 16.9. The summed E-state index contributed by atoms with van der Waals surface area (Å²) in [4.78, 5) is 35.8. The van der Waals surface area contributed by atoms with Crippen molar-refractivity contribution in [1.82, 2.24) is 5.01 Å². The van der Waals surface area contributed by atoms with Crippen LogP contribution in [0, 0.1) is 16.0 Å². The third-order valence-electron chi connectivity index (χ3n) is 4.51. The number of carbonyl (C=O) groups excluding carboxylic acids is 2. The van der Waals surface area contributed by atoms with Gasteiger partial charge in [0.1, 0.15) is 5.92 Å². The Morgan fingerprint density at radius 2 is 1.93 bits per heavy atom. The van der Waals surface area contributed by atoms with Crippen LogP contribution in [0.1, 0.15) is 25.5 Å². The first kappa shape index (κ1) is 20.8. The molecule has 3 rings (SSSR count). The maximum atomic E-state index is 13.1. The molecule has 1 aliphatic rings. The number of benzene rings is 2. The van der Waals surface area contributed by atoms with Crippen molar-refractivity contribution in [2.24, 2.45) is 11.0 Å². The van der Waals surface area contributed by atoms with E-state index in [4.69, 9.17) is 23.2 Å². The number of non-ortho nitro benzene ring substituents is 1. The third-order valence-corrected chi connectivity index (χ3v) is 5.06. The summed E-state index contributed by atoms with van der Waals surface area (Å²) in [5, 5.41) is 19.9. The van der Waals surface area contributed by atoms with E-state index >= 15 is 0 Å². The lowest BCUT2D eigenvalue weighted by atomic mass is 9.89. The highest BCUT2D eigenvalue weighted by molar-refractivity contribution is 6.36. The van der Waals surface area contributed by atoms with E-state index in [1.54, 1.807) is 25.1 Å². The van der Waals surface area contributed by atoms with E-state index in [2.05, 4.69) is 10.4 Å². The molecule has 0 aromatic heterocycles. The van der Waals surface area contributed by atoms with E-state index in [-0.39, 0.29) is 16.6 Å². The number of hydrazone groups is 1. The Hall–Kier alpha value is -2.97. The second kappa shape index (κ2) is 8.18. The Morgan fingerprint density at radius 3 is 2.55 bits per heavy atom. The highest BCUT2D eigenvalue weighted by Gasteiger charge is 2.43. The minimum atomic E-state index is -0.854. The largest absolute Gasteiger partial charge is 0.324 e. The summed E-state index contributed by atoms with van der Waals surface area (Å²) in [6.07, 6.45) is 0. The number of amides is 2. The normalized spacial score (nSPS) is 18.3. The highest BCUT2D eigenvalue weighted by atomic mass is 35.5. The lowest BCUT2D eigenvalue weighted by Gasteiger charge is -2.25. The van der Waals surface area contributed by atoms with E-state index in [9.17, 15) is 19.7 Å². The number of halogens is 2. The summed E-state index contributed by atoms with van der Waals surface area (Å²) >= 11 is 12.0. The number of rotatable bonds is 4. The van der Waals surface area contributed by atoms with Gasteiger partial charge >= 0.3 is 0 Å². The standard InChI is InChI=1S/C19H16Cl2N4O4/c1-10-17(19(27)22-16-7-6-13(20)9-15(16)21)18(24(23-10)11(2)26)12-4-3-5-14(8-12)25(28)29/h3-9,17-18H,1-2H3,(H,22,27). The summed E-state index contributed by atoms with van der Waals surface area (Å²) in [6, 6.07) is 9.62. The molecule has 10 heteroatoms. The van der Waals surface area contributed by atoms with E-state index in [0.29, 0.717) is 22.0 Å². The van der Waals surface area contributed by atoms with Gasteiger partial charge in [0.25, 0.3) is 5.69 Å². The smallest absolute Gasteiger partial charge is 0.269 e. The fourth-order valence-electron chi connectivity index (χ4n) is 3.22. The Labute approximate surface area is 176 Å². The zero-order valence-electron chi connectivity index (χ0n) is 15.4. The molecule has 1 heterocycles. The molecule has 0 saturated carbocycles. The van der Waals surface area contributed by atoms with Gasteiger partial charge in [0, 0.05) is 24.1 Å². The molecular formula is C19H16Cl2N4O4. The molecular weight excluding hydrogens is 419 g/mol. The Balaban J connectivity index is 1.99. The average Bonchev–Trinajstić information content (AvgIpc) is 3.01. The average molecular weight is 435 g/mol. The van der Waals surface area contributed by atoms with Crippen LogP contribution in [0.2, 0.25) is 10.0 Å². The predicted molar refractivity (Wildman–Crippen MR) is 110 cm³/mol. The lowest BCUT2D eigenvalue weighted by Crippen LogP contribution is -2.36. The molecule has 29 heavy (non-hydrogen) atoms. The van der Waals surface area contributed by atoms with Crippen LogP contribution in [0.3, 0.4) is 0 Å². The van der Waals surface area contributed by atoms with Crippen molar-refractivity contribution in [3.63, 3.8) is 0 Å². The van der Waals surface area contributed by atoms with Crippen LogP contribution in [0.25, 0.3) is 0 Å². The Kier molecular flexibility index (Phi) is 5.86. The maximum Gasteiger partial charge on any atom is 0.269 e. The molecule has 1 N–H and O–H groups in total. The molecule has 150 valence electrons. The van der Waals surface area contributed by atoms with E-state index in [1.165, 1.54) is 36.2 Å². The van der Waals surface area contributed by atoms with E-state index in [0.717, 1.165) is 0 Å². The maximum absolute atomic E-state index is 13.1. The summed E-state index contributed by atoms with van der Waals surface area (Å²) in [5.41, 5.74) is 1.04. The minimum Gasteiger partial charge on any atom is -0.324 e. The quantitative estimate of drug-likeness (QED) is 0.566. The number of nitrogens with zero attached hydrogens (tertiary/aromatic N) is 3. The molecule has 2 amide bonds. The van der Waals surface area contributed by atoms with E-state index in [1.807, 2.05) is 0 Å². The van der Waals surface area contributed by atoms with Crippen molar-refractivity contribution in [3.8, 4) is 0 Å². The monoisotopic (exact) mass is 434 g/mol. The molecule has 2 atom stereocenters. The Bertz CT molecular complexity index is 1040. The molecule has 0 fully saturated rings. The van der Waals surface area contributed by atoms with Crippen molar-refractivity contribution in [3.05, 3.63) is 68.2 Å². The fraction of sp³-hybridized carbons (Fsp3) is 0.211. The second-order valence-corrected chi connectivity index (χ2v) is 7.34. The number of nitrogens with one attached hydrogen (secondary N) is 1. The van der Waals surface area contributed by atoms with Gasteiger partial charge in [-0.1, -0.05) is 35.3 Å². The van der Waals surface area contributed by atoms with Crippen molar-refractivity contribution in [1.29, 1.82) is 0 Å². The number of nitro benzene ring substituents is 1. The molecule has 0 spiro atoms. The first-order valence-corrected chi connectivity index (χ1v) is 9.30. The van der Waals surface area contributed by atoms with Crippen molar-refractivity contribution < 1.29 is 14.5 Å². The van der Waals surface area contributed by atoms with Gasteiger partial charge in [0.2, 0.25) is 11.8 Å². The first-order chi connectivity index (χ1) is 13.7. The third kappa shape index (κ3) is 4.23. The van der Waals surface area contributed by atoms with Crippen molar-refractivity contribution in [2.75, 3.05) is 5.32 Å². The molecule has 2 aromatic rings. The van der Waals surface area contributed by atoms with Gasteiger partial charge in [-0.3, -0.25) is 19.7 Å². The Morgan fingerprint density at radius 1 is 1.21 bits per heavy atom. The SMILES string of the molecule is CC(=O)N1N=C(C)C(C(=O)Nc2ccc(Cl)cc2Cl)C1c1cccc([N+](=O)[O-])c1. The number of carbonyl (C=O) groups is 2. The van der Waals surface area contributed by atoms with Gasteiger partial charge in [0.05, 0.1) is 27.4 Å². The van der Waals surface area contributed by atoms with Crippen LogP contribution in [-0.4, -0.2) is 27.5 Å². The topological polar surface area (TPSA) is 105 Å². The number of hydrogen-bond donors (Lipinski definition) is 1. The summed E-state index contributed by atoms with van der Waals surface area (Å²) in [7, 11) is 0. The molecule has 2 aromatic carbocycles. The molecule has 8 nitrogen and oxygen atoms in total. The van der Waals surface area contributed by atoms with E-state index < -0.39 is 22.8 Å². The van der Waals surface area contributed by atoms with Crippen molar-refractivity contribution in [2.45, 2.75) is 19.9 Å². The van der Waals surface area contributed by atoms with Gasteiger partial charge in [-0.15, -0.1) is 0 Å². The van der Waals surface area contributed by atoms with Crippen LogP contribution in [0.5, 0.6) is 0 Å². The predicted octanol–water partition coefficient (Wildman–Crippen LogP) is 4.44. The molecule has 2 unspecified atom stereocenters.